The third-order valence-electron chi connectivity index (χ3n) is 8.46. The van der Waals surface area contributed by atoms with Crippen molar-refractivity contribution < 1.29 is 9.53 Å². The molecule has 0 fully saturated rings. The van der Waals surface area contributed by atoms with E-state index >= 15 is 0 Å². The Hall–Kier alpha value is -4.82. The summed E-state index contributed by atoms with van der Waals surface area (Å²) in [4.78, 5) is 18.8. The first-order valence-corrected chi connectivity index (χ1v) is 16.4. The molecule has 1 aromatic heterocycles. The Morgan fingerprint density at radius 1 is 0.870 bits per heavy atom. The summed E-state index contributed by atoms with van der Waals surface area (Å²) in [7, 11) is 0. The van der Waals surface area contributed by atoms with Gasteiger partial charge in [-0.05, 0) is 98.7 Å². The van der Waals surface area contributed by atoms with Gasteiger partial charge >= 0.3 is 0 Å². The van der Waals surface area contributed by atoms with Crippen LogP contribution in [-0.4, -0.2) is 20.7 Å². The molecule has 0 saturated carbocycles. The van der Waals surface area contributed by atoms with Crippen LogP contribution in [-0.2, 0) is 17.2 Å². The zero-order valence-electron chi connectivity index (χ0n) is 27.1. The van der Waals surface area contributed by atoms with Gasteiger partial charge in [-0.25, -0.2) is 4.68 Å². The molecule has 6 rings (SSSR count). The first-order valence-electron chi connectivity index (χ1n) is 15.5. The van der Waals surface area contributed by atoms with Crippen molar-refractivity contribution in [1.29, 1.82) is 0 Å². The summed E-state index contributed by atoms with van der Waals surface area (Å²) in [6.45, 7) is 12.8. The number of aromatic nitrogens is 3. The quantitative estimate of drug-likeness (QED) is 0.159. The van der Waals surface area contributed by atoms with Crippen LogP contribution in [0.15, 0.2) is 101 Å². The Kier molecular flexibility index (Phi) is 8.99. The van der Waals surface area contributed by atoms with E-state index in [2.05, 4.69) is 61.7 Å². The molecule has 1 unspecified atom stereocenters. The minimum absolute atomic E-state index is 0.188. The average molecular weight is 630 g/mol. The Bertz CT molecular complexity index is 1930. The third kappa shape index (κ3) is 6.72. The monoisotopic (exact) mass is 629 g/mol. The number of ether oxygens (including phenoxy) is 1. The number of rotatable bonds is 9. The minimum Gasteiger partial charge on any atom is -0.489 e. The van der Waals surface area contributed by atoms with Gasteiger partial charge in [0.1, 0.15) is 18.4 Å². The molecule has 1 amide bonds. The van der Waals surface area contributed by atoms with Gasteiger partial charge in [-0.2, -0.15) is 4.98 Å². The standard InChI is InChI=1S/C38H39N5O2S/c1-23-12-17-33(27(5)18-23)40-36(44)34-28(6)39-37-41-38(46-22-29-10-8-7-9-11-29)42-43(37)35(34)30-13-15-32(16-14-30)45-21-31-20-25(3)24(2)19-26(31)4/h7-20,35H,21-22H2,1-6H3,(H,40,44)(H,39,41,42). The molecule has 0 radical (unpaired) electrons. The Morgan fingerprint density at radius 2 is 1.61 bits per heavy atom. The van der Waals surface area contributed by atoms with Crippen molar-refractivity contribution in [1.82, 2.24) is 14.8 Å². The van der Waals surface area contributed by atoms with Gasteiger partial charge < -0.3 is 15.4 Å². The zero-order chi connectivity index (χ0) is 32.4. The van der Waals surface area contributed by atoms with Gasteiger partial charge in [-0.15, -0.1) is 5.10 Å². The number of fused-ring (bicyclic) bond motifs is 1. The van der Waals surface area contributed by atoms with Crippen LogP contribution < -0.4 is 15.4 Å². The van der Waals surface area contributed by atoms with Gasteiger partial charge in [0, 0.05) is 17.1 Å². The first-order chi connectivity index (χ1) is 22.2. The molecular formula is C38H39N5O2S. The van der Waals surface area contributed by atoms with E-state index < -0.39 is 6.04 Å². The van der Waals surface area contributed by atoms with E-state index in [1.165, 1.54) is 27.8 Å². The number of nitrogens with zero attached hydrogens (tertiary/aromatic N) is 3. The van der Waals surface area contributed by atoms with E-state index in [1.54, 1.807) is 11.8 Å². The number of carbonyl (C=O) groups excluding carboxylic acids is 1. The second-order valence-corrected chi connectivity index (χ2v) is 12.9. The highest BCUT2D eigenvalue weighted by atomic mass is 32.2. The lowest BCUT2D eigenvalue weighted by molar-refractivity contribution is -0.113. The smallest absolute Gasteiger partial charge is 0.255 e. The molecule has 1 aliphatic rings. The number of carbonyl (C=O) groups is 1. The highest BCUT2D eigenvalue weighted by molar-refractivity contribution is 7.98. The maximum atomic E-state index is 14.0. The van der Waals surface area contributed by atoms with E-state index in [4.69, 9.17) is 14.8 Å². The number of anilines is 2. The number of amides is 1. The normalized spacial score (nSPS) is 14.1. The lowest BCUT2D eigenvalue weighted by Gasteiger charge is -2.29. The van der Waals surface area contributed by atoms with Crippen LogP contribution in [0.5, 0.6) is 5.75 Å². The summed E-state index contributed by atoms with van der Waals surface area (Å²) in [5.74, 6) is 1.92. The highest BCUT2D eigenvalue weighted by Crippen LogP contribution is 2.38. The van der Waals surface area contributed by atoms with Crippen LogP contribution >= 0.6 is 11.8 Å². The van der Waals surface area contributed by atoms with Crippen molar-refractivity contribution >= 4 is 29.3 Å². The molecule has 4 aromatic carbocycles. The Morgan fingerprint density at radius 3 is 2.35 bits per heavy atom. The summed E-state index contributed by atoms with van der Waals surface area (Å²) in [6, 6.07) is 28.1. The molecule has 1 atom stereocenters. The van der Waals surface area contributed by atoms with Crippen LogP contribution in [0.25, 0.3) is 0 Å². The molecule has 0 spiro atoms. The van der Waals surface area contributed by atoms with Crippen LogP contribution in [0, 0.1) is 34.6 Å². The molecule has 0 saturated heterocycles. The van der Waals surface area contributed by atoms with Gasteiger partial charge in [0.05, 0.1) is 5.57 Å². The number of allylic oxidation sites excluding steroid dienone is 1. The third-order valence-corrected chi connectivity index (χ3v) is 9.37. The number of benzene rings is 4. The molecule has 5 aromatic rings. The number of thioether (sulfide) groups is 1. The van der Waals surface area contributed by atoms with E-state index in [9.17, 15) is 4.79 Å². The number of hydrogen-bond acceptors (Lipinski definition) is 6. The maximum absolute atomic E-state index is 14.0. The van der Waals surface area contributed by atoms with Crippen LogP contribution in [0.1, 0.15) is 57.5 Å². The van der Waals surface area contributed by atoms with Gasteiger partial charge in [0.25, 0.3) is 5.91 Å². The predicted octanol–water partition coefficient (Wildman–Crippen LogP) is 8.62. The number of aryl methyl sites for hydroxylation is 5. The summed E-state index contributed by atoms with van der Waals surface area (Å²) >= 11 is 1.57. The van der Waals surface area contributed by atoms with Crippen molar-refractivity contribution in [2.24, 2.45) is 0 Å². The summed E-state index contributed by atoms with van der Waals surface area (Å²) < 4.78 is 8.04. The molecule has 234 valence electrons. The lowest BCUT2D eigenvalue weighted by Crippen LogP contribution is -2.31. The van der Waals surface area contributed by atoms with Crippen molar-refractivity contribution in [3.8, 4) is 5.75 Å². The van der Waals surface area contributed by atoms with Gasteiger partial charge in [-0.1, -0.05) is 84.1 Å². The molecular weight excluding hydrogens is 591 g/mol. The molecule has 0 bridgehead atoms. The first kappa shape index (κ1) is 31.2. The predicted molar refractivity (Wildman–Crippen MR) is 186 cm³/mol. The topological polar surface area (TPSA) is 81.1 Å². The van der Waals surface area contributed by atoms with Crippen molar-refractivity contribution in [2.75, 3.05) is 10.6 Å². The second-order valence-electron chi connectivity index (χ2n) is 12.0. The zero-order valence-corrected chi connectivity index (χ0v) is 28.0. The van der Waals surface area contributed by atoms with Crippen molar-refractivity contribution in [3.05, 3.63) is 141 Å². The van der Waals surface area contributed by atoms with Gasteiger partial charge in [0.2, 0.25) is 11.1 Å². The average Bonchev–Trinajstić information content (AvgIpc) is 3.45. The minimum atomic E-state index is -0.489. The summed E-state index contributed by atoms with van der Waals surface area (Å²) in [5.41, 5.74) is 11.3. The van der Waals surface area contributed by atoms with Gasteiger partial charge in [0.15, 0.2) is 0 Å². The molecule has 1 aliphatic heterocycles. The molecule has 46 heavy (non-hydrogen) atoms. The van der Waals surface area contributed by atoms with Crippen molar-refractivity contribution in [2.45, 2.75) is 65.1 Å². The van der Waals surface area contributed by atoms with E-state index in [0.717, 1.165) is 39.6 Å². The van der Waals surface area contributed by atoms with Crippen LogP contribution in [0.4, 0.5) is 11.6 Å². The Labute approximate surface area is 275 Å². The number of hydrogen-bond donors (Lipinski definition) is 2. The van der Waals surface area contributed by atoms with Crippen molar-refractivity contribution in [3.63, 3.8) is 0 Å². The van der Waals surface area contributed by atoms with Crippen LogP contribution in [0.2, 0.25) is 0 Å². The molecule has 7 nitrogen and oxygen atoms in total. The van der Waals surface area contributed by atoms with Crippen LogP contribution in [0.3, 0.4) is 0 Å². The lowest BCUT2D eigenvalue weighted by atomic mass is 9.94. The van der Waals surface area contributed by atoms with Gasteiger partial charge in [-0.3, -0.25) is 4.79 Å². The summed E-state index contributed by atoms with van der Waals surface area (Å²) in [6.07, 6.45) is 0. The van der Waals surface area contributed by atoms with E-state index in [1.807, 2.05) is 80.1 Å². The maximum Gasteiger partial charge on any atom is 0.255 e. The molecule has 8 heteroatoms. The Balaban J connectivity index is 1.30. The largest absolute Gasteiger partial charge is 0.489 e. The van der Waals surface area contributed by atoms with E-state index in [-0.39, 0.29) is 5.91 Å². The highest BCUT2D eigenvalue weighted by Gasteiger charge is 2.34. The second kappa shape index (κ2) is 13.3. The SMILES string of the molecule is CC1=C(C(=O)Nc2ccc(C)cc2C)C(c2ccc(OCc3cc(C)c(C)cc3C)cc2)n2nc(SCc3ccccc3)nc2N1. The molecule has 2 N–H and O–H groups in total. The molecule has 2 heterocycles. The van der Waals surface area contributed by atoms with E-state index in [0.29, 0.717) is 23.3 Å². The fraction of sp³-hybridized carbons (Fsp3) is 0.237. The molecule has 0 aliphatic carbocycles. The fourth-order valence-electron chi connectivity index (χ4n) is 5.74. The summed E-state index contributed by atoms with van der Waals surface area (Å²) in [5, 5.41) is 12.1. The number of nitrogens with one attached hydrogen (secondary N) is 2. The fourth-order valence-corrected chi connectivity index (χ4v) is 6.53.